The molecule has 2 amide bonds. The first-order valence-corrected chi connectivity index (χ1v) is 16.6. The molecule has 1 aliphatic rings. The molecule has 9 nitrogen and oxygen atoms in total. The van der Waals surface area contributed by atoms with E-state index in [1.165, 1.54) is 6.07 Å². The minimum absolute atomic E-state index is 0.0417. The van der Waals surface area contributed by atoms with Gasteiger partial charge in [-0.25, -0.2) is 9.97 Å². The molecule has 3 aromatic rings. The predicted octanol–water partition coefficient (Wildman–Crippen LogP) is 6.16. The number of hydrogen-bond acceptors (Lipinski definition) is 8. The number of likely N-dealkylation sites (tertiary alicyclic amines) is 1. The number of nitrogens with zero attached hydrogens (tertiary/aromatic N) is 4. The van der Waals surface area contributed by atoms with Gasteiger partial charge < -0.3 is 15.0 Å². The average molecular weight is 663 g/mol. The van der Waals surface area contributed by atoms with Crippen LogP contribution < -0.4 is 15.6 Å². The lowest BCUT2D eigenvalue weighted by Crippen LogP contribution is -2.36. The van der Waals surface area contributed by atoms with Gasteiger partial charge in [-0.1, -0.05) is 39.0 Å². The average Bonchev–Trinajstić information content (AvgIpc) is 3.30. The molecular weight excluding hydrogens is 614 g/mol. The number of hydrogen-bond donors (Lipinski definition) is 2. The Morgan fingerprint density at radius 1 is 1.11 bits per heavy atom. The van der Waals surface area contributed by atoms with Crippen molar-refractivity contribution in [3.05, 3.63) is 71.4 Å². The zero-order chi connectivity index (χ0) is 35.0. The molecule has 0 spiro atoms. The summed E-state index contributed by atoms with van der Waals surface area (Å²) in [7, 11) is 7.69. The van der Waals surface area contributed by atoms with Crippen LogP contribution in [-0.2, 0) is 14.9 Å². The number of pyridine rings is 3. The van der Waals surface area contributed by atoms with Crippen molar-refractivity contribution in [3.8, 4) is 0 Å². The summed E-state index contributed by atoms with van der Waals surface area (Å²) in [6.45, 7) is 16.8. The van der Waals surface area contributed by atoms with Crippen molar-refractivity contribution in [1.29, 1.82) is 0 Å². The number of ether oxygens (including phenoxy) is 1. The van der Waals surface area contributed by atoms with E-state index in [0.29, 0.717) is 28.0 Å². The molecule has 0 aromatic carbocycles. The topological polar surface area (TPSA) is 109 Å². The minimum Gasteiger partial charge on any atom is -0.379 e. The molecule has 252 valence electrons. The van der Waals surface area contributed by atoms with Gasteiger partial charge in [-0.2, -0.15) is 4.39 Å². The van der Waals surface area contributed by atoms with E-state index in [-0.39, 0.29) is 28.2 Å². The number of nitrogens with one attached hydrogen (secondary N) is 2. The molecule has 1 aliphatic heterocycles. The maximum atomic E-state index is 14.6. The van der Waals surface area contributed by atoms with E-state index < -0.39 is 11.9 Å². The van der Waals surface area contributed by atoms with Crippen molar-refractivity contribution >= 4 is 43.5 Å². The molecule has 0 bridgehead atoms. The van der Waals surface area contributed by atoms with Crippen molar-refractivity contribution in [1.82, 2.24) is 24.6 Å². The van der Waals surface area contributed by atoms with Gasteiger partial charge in [0.1, 0.15) is 18.7 Å². The van der Waals surface area contributed by atoms with Crippen molar-refractivity contribution in [2.75, 3.05) is 19.0 Å². The Bertz CT molecular complexity index is 1510. The maximum Gasteiger partial charge on any atom is 0.266 e. The van der Waals surface area contributed by atoms with Crippen LogP contribution in [0.3, 0.4) is 0 Å². The number of carbonyl (C=O) groups is 2. The predicted molar refractivity (Wildman–Crippen MR) is 187 cm³/mol. The van der Waals surface area contributed by atoms with Gasteiger partial charge in [0.25, 0.3) is 5.91 Å². The first-order valence-electron chi connectivity index (χ1n) is 15.8. The van der Waals surface area contributed by atoms with Crippen LogP contribution in [0.2, 0.25) is 0 Å². The first kappa shape index (κ1) is 37.9. The monoisotopic (exact) mass is 662 g/mol. The number of anilines is 1. The van der Waals surface area contributed by atoms with Crippen LogP contribution in [0.4, 0.5) is 10.2 Å². The van der Waals surface area contributed by atoms with Gasteiger partial charge in [0.05, 0.1) is 22.9 Å². The number of aromatic nitrogens is 3. The second-order valence-electron chi connectivity index (χ2n) is 14.4. The molecule has 3 aromatic heterocycles. The van der Waals surface area contributed by atoms with Crippen LogP contribution in [0.15, 0.2) is 53.6 Å². The van der Waals surface area contributed by atoms with Crippen LogP contribution in [-0.4, -0.2) is 64.8 Å². The van der Waals surface area contributed by atoms with E-state index in [1.807, 2.05) is 70.7 Å². The van der Waals surface area contributed by atoms with E-state index >= 15 is 0 Å². The maximum absolute atomic E-state index is 14.6. The summed E-state index contributed by atoms with van der Waals surface area (Å²) in [6.07, 6.45) is 3.52. The summed E-state index contributed by atoms with van der Waals surface area (Å²) < 4.78 is 22.2. The molecule has 12 heteroatoms. The highest BCUT2D eigenvalue weighted by Gasteiger charge is 2.37. The number of amides is 2. The minimum atomic E-state index is -0.807. The third-order valence-electron chi connectivity index (χ3n) is 7.93. The van der Waals surface area contributed by atoms with E-state index in [4.69, 9.17) is 12.6 Å². The standard InChI is InChI=1S/C30H36BFN6O2S.C5H12O/c1-29(2,3)23-15-13-20(27(32)35-23)28(40)37-41-26-11-7-10-25(36-26)34-22(21-8-6-9-24(31)33-21)14-12-19-16-30(4,5)38(17-19)18-39;1-5(2,3)6-4/h6-11,13,15,18-19,22H,12,14,16-17H2,1-5H3,(H,34,36)(H,37,40);1-4H3. The highest BCUT2D eigenvalue weighted by molar-refractivity contribution is 7.97. The summed E-state index contributed by atoms with van der Waals surface area (Å²) in [5, 5.41) is 4.00. The highest BCUT2D eigenvalue weighted by Crippen LogP contribution is 2.35. The lowest BCUT2D eigenvalue weighted by Gasteiger charge is -2.27. The zero-order valence-electron chi connectivity index (χ0n) is 29.1. The molecule has 4 rings (SSSR count). The summed E-state index contributed by atoms with van der Waals surface area (Å²) in [5.41, 5.74) is 1.22. The number of halogens is 1. The summed E-state index contributed by atoms with van der Waals surface area (Å²) in [5.74, 6) is -0.426. The van der Waals surface area contributed by atoms with Crippen molar-refractivity contribution in [3.63, 3.8) is 0 Å². The molecule has 2 unspecified atom stereocenters. The lowest BCUT2D eigenvalue weighted by atomic mass is 9.91. The summed E-state index contributed by atoms with van der Waals surface area (Å²) >= 11 is 0.998. The fourth-order valence-electron chi connectivity index (χ4n) is 5.06. The Labute approximate surface area is 284 Å². The van der Waals surface area contributed by atoms with E-state index in [0.717, 1.165) is 49.9 Å². The smallest absolute Gasteiger partial charge is 0.266 e. The van der Waals surface area contributed by atoms with Crippen LogP contribution in [0.5, 0.6) is 0 Å². The molecule has 2 N–H and O–H groups in total. The first-order chi connectivity index (χ1) is 21.9. The molecular formula is C35H48BFN6O3S. The van der Waals surface area contributed by atoms with Crippen LogP contribution in [0.25, 0.3) is 0 Å². The molecule has 0 saturated carbocycles. The van der Waals surface area contributed by atoms with Crippen LogP contribution in [0, 0.1) is 11.9 Å². The second-order valence-corrected chi connectivity index (χ2v) is 15.2. The molecule has 4 heterocycles. The van der Waals surface area contributed by atoms with Gasteiger partial charge in [0.2, 0.25) is 12.4 Å². The Morgan fingerprint density at radius 3 is 2.36 bits per heavy atom. The Kier molecular flexibility index (Phi) is 13.0. The quantitative estimate of drug-likeness (QED) is 0.115. The lowest BCUT2D eigenvalue weighted by molar-refractivity contribution is -0.120. The molecule has 2 radical (unpaired) electrons. The van der Waals surface area contributed by atoms with Crippen LogP contribution >= 0.6 is 11.9 Å². The normalized spacial score (nSPS) is 16.6. The highest BCUT2D eigenvalue weighted by atomic mass is 32.2. The molecule has 0 aliphatic carbocycles. The van der Waals surface area contributed by atoms with Crippen molar-refractivity contribution < 1.29 is 18.7 Å². The summed E-state index contributed by atoms with van der Waals surface area (Å²) in [6, 6.07) is 13.9. The molecule has 47 heavy (non-hydrogen) atoms. The third kappa shape index (κ3) is 11.6. The van der Waals surface area contributed by atoms with E-state index in [9.17, 15) is 14.0 Å². The fourth-order valence-corrected chi connectivity index (χ4v) is 5.66. The SMILES string of the molecule is COC(C)(C)C.[B]c1cccc(C(CCC2CN(C=O)C(C)(C)C2)Nc2cccc(SNC(=O)c3ccc(C(C)(C)C)nc3F)n2)n1. The third-order valence-corrected chi connectivity index (χ3v) is 8.65. The summed E-state index contributed by atoms with van der Waals surface area (Å²) in [4.78, 5) is 39.2. The van der Waals surface area contributed by atoms with E-state index in [2.05, 4.69) is 38.8 Å². The van der Waals surface area contributed by atoms with Gasteiger partial charge in [-0.05, 0) is 95.7 Å². The van der Waals surface area contributed by atoms with Gasteiger partial charge in [0, 0.05) is 42.3 Å². The zero-order valence-corrected chi connectivity index (χ0v) is 29.9. The second kappa shape index (κ2) is 16.1. The largest absolute Gasteiger partial charge is 0.379 e. The van der Waals surface area contributed by atoms with Gasteiger partial charge in [-0.15, -0.1) is 0 Å². The Morgan fingerprint density at radius 2 is 1.79 bits per heavy atom. The van der Waals surface area contributed by atoms with E-state index in [1.54, 1.807) is 25.3 Å². The van der Waals surface area contributed by atoms with Crippen molar-refractivity contribution in [2.24, 2.45) is 5.92 Å². The van der Waals surface area contributed by atoms with Crippen LogP contribution in [0.1, 0.15) is 102 Å². The van der Waals surface area contributed by atoms with Gasteiger partial charge in [-0.3, -0.25) is 19.3 Å². The fraction of sp³-hybridized carbons (Fsp3) is 0.514. The Balaban J connectivity index is 0.000000913. The molecule has 1 fully saturated rings. The molecule has 2 atom stereocenters. The van der Waals surface area contributed by atoms with Gasteiger partial charge >= 0.3 is 0 Å². The van der Waals surface area contributed by atoms with Crippen molar-refractivity contribution in [2.45, 2.75) is 102 Å². The van der Waals surface area contributed by atoms with Gasteiger partial charge in [0.15, 0.2) is 0 Å². The Hall–Kier alpha value is -3.51. The number of carbonyl (C=O) groups excluding carboxylic acids is 2. The number of methoxy groups -OCH3 is 1. The number of rotatable bonds is 10. The molecule has 1 saturated heterocycles.